The number of benzene rings is 3. The Morgan fingerprint density at radius 1 is 0.759 bits per heavy atom. The molecule has 0 atom stereocenters. The fourth-order valence-electron chi connectivity index (χ4n) is 2.52. The first-order valence-electron chi connectivity index (χ1n) is 8.57. The molecular formula is C21H18N2O5S. The zero-order valence-electron chi connectivity index (χ0n) is 15.5. The number of esters is 1. The topological polar surface area (TPSA) is 102 Å². The summed E-state index contributed by atoms with van der Waals surface area (Å²) >= 11 is 0. The Hall–Kier alpha value is -3.65. The quantitative estimate of drug-likeness (QED) is 0.606. The van der Waals surface area contributed by atoms with E-state index in [0.29, 0.717) is 22.5 Å². The van der Waals surface area contributed by atoms with Gasteiger partial charge in [0.05, 0.1) is 17.6 Å². The minimum atomic E-state index is -3.76. The highest BCUT2D eigenvalue weighted by molar-refractivity contribution is 7.92. The third kappa shape index (κ3) is 4.99. The third-order valence-electron chi connectivity index (χ3n) is 4.02. The summed E-state index contributed by atoms with van der Waals surface area (Å²) < 4.78 is 32.0. The average molecular weight is 410 g/mol. The van der Waals surface area contributed by atoms with Crippen LogP contribution >= 0.6 is 0 Å². The van der Waals surface area contributed by atoms with Crippen LogP contribution in [0.5, 0.6) is 0 Å². The molecule has 0 saturated heterocycles. The van der Waals surface area contributed by atoms with Crippen LogP contribution in [-0.2, 0) is 14.8 Å². The Morgan fingerprint density at radius 3 is 1.93 bits per heavy atom. The van der Waals surface area contributed by atoms with Crippen LogP contribution in [0.15, 0.2) is 83.8 Å². The Kier molecular flexibility index (Phi) is 5.94. The fraction of sp³-hybridized carbons (Fsp3) is 0.0476. The van der Waals surface area contributed by atoms with Crippen molar-refractivity contribution in [3.05, 3.63) is 90.0 Å². The molecular weight excluding hydrogens is 392 g/mol. The number of amides is 1. The molecule has 0 aromatic heterocycles. The Labute approximate surface area is 168 Å². The number of ether oxygens (including phenoxy) is 1. The number of hydrogen-bond donors (Lipinski definition) is 2. The van der Waals surface area contributed by atoms with E-state index in [0.717, 1.165) is 0 Å². The highest BCUT2D eigenvalue weighted by atomic mass is 32.2. The molecule has 0 unspecified atom stereocenters. The summed E-state index contributed by atoms with van der Waals surface area (Å²) in [6.07, 6.45) is 0. The van der Waals surface area contributed by atoms with E-state index in [1.54, 1.807) is 42.5 Å². The lowest BCUT2D eigenvalue weighted by Crippen LogP contribution is -2.15. The first kappa shape index (κ1) is 20.1. The monoisotopic (exact) mass is 410 g/mol. The molecule has 8 heteroatoms. The summed E-state index contributed by atoms with van der Waals surface area (Å²) in [5.74, 6) is -0.875. The maximum Gasteiger partial charge on any atom is 0.337 e. The van der Waals surface area contributed by atoms with Gasteiger partial charge in [0.15, 0.2) is 0 Å². The maximum atomic E-state index is 12.4. The van der Waals surface area contributed by atoms with E-state index in [9.17, 15) is 18.0 Å². The average Bonchev–Trinajstić information content (AvgIpc) is 2.74. The van der Waals surface area contributed by atoms with E-state index in [1.165, 1.54) is 43.5 Å². The first-order valence-corrected chi connectivity index (χ1v) is 10.0. The van der Waals surface area contributed by atoms with Crippen molar-refractivity contribution in [2.45, 2.75) is 4.90 Å². The van der Waals surface area contributed by atoms with Crippen molar-refractivity contribution >= 4 is 33.3 Å². The van der Waals surface area contributed by atoms with Crippen LogP contribution in [0.3, 0.4) is 0 Å². The van der Waals surface area contributed by atoms with Gasteiger partial charge >= 0.3 is 5.97 Å². The SMILES string of the molecule is COC(=O)c1ccc(NC(=O)c2ccc(S(=O)(=O)Nc3ccccc3)cc2)cc1. The molecule has 3 aromatic carbocycles. The van der Waals surface area contributed by atoms with Crippen molar-refractivity contribution in [2.24, 2.45) is 0 Å². The summed E-state index contributed by atoms with van der Waals surface area (Å²) in [6.45, 7) is 0. The highest BCUT2D eigenvalue weighted by Crippen LogP contribution is 2.17. The maximum absolute atomic E-state index is 12.4. The molecule has 0 bridgehead atoms. The Morgan fingerprint density at radius 2 is 1.34 bits per heavy atom. The number of methoxy groups -OCH3 is 1. The van der Waals surface area contributed by atoms with E-state index in [-0.39, 0.29) is 4.90 Å². The summed E-state index contributed by atoms with van der Waals surface area (Å²) in [5.41, 5.74) is 1.60. The number of carbonyl (C=O) groups is 2. The molecule has 0 heterocycles. The van der Waals surface area contributed by atoms with Gasteiger partial charge in [-0.3, -0.25) is 9.52 Å². The molecule has 0 fully saturated rings. The van der Waals surface area contributed by atoms with Crippen molar-refractivity contribution in [3.63, 3.8) is 0 Å². The zero-order chi connectivity index (χ0) is 20.9. The molecule has 0 aliphatic carbocycles. The smallest absolute Gasteiger partial charge is 0.337 e. The molecule has 3 rings (SSSR count). The van der Waals surface area contributed by atoms with E-state index in [2.05, 4.69) is 14.8 Å². The van der Waals surface area contributed by atoms with Crippen LogP contribution in [-0.4, -0.2) is 27.4 Å². The van der Waals surface area contributed by atoms with Crippen molar-refractivity contribution in [2.75, 3.05) is 17.1 Å². The number of sulfonamides is 1. The molecule has 3 aromatic rings. The molecule has 0 saturated carbocycles. The van der Waals surface area contributed by atoms with Crippen molar-refractivity contribution in [1.82, 2.24) is 0 Å². The van der Waals surface area contributed by atoms with Crippen LogP contribution < -0.4 is 10.0 Å². The van der Waals surface area contributed by atoms with Gasteiger partial charge in [-0.05, 0) is 60.7 Å². The second-order valence-corrected chi connectivity index (χ2v) is 7.70. The Bertz CT molecular complexity index is 1110. The molecule has 29 heavy (non-hydrogen) atoms. The number of para-hydroxylation sites is 1. The predicted octanol–water partition coefficient (Wildman–Crippen LogP) is 3.53. The van der Waals surface area contributed by atoms with Crippen LogP contribution in [0.2, 0.25) is 0 Å². The number of nitrogens with one attached hydrogen (secondary N) is 2. The van der Waals surface area contributed by atoms with Gasteiger partial charge in [-0.2, -0.15) is 0 Å². The van der Waals surface area contributed by atoms with Gasteiger partial charge < -0.3 is 10.1 Å². The van der Waals surface area contributed by atoms with Gasteiger partial charge in [0.25, 0.3) is 15.9 Å². The summed E-state index contributed by atoms with van der Waals surface area (Å²) in [5, 5.41) is 2.68. The number of rotatable bonds is 6. The van der Waals surface area contributed by atoms with Gasteiger partial charge in [-0.25, -0.2) is 13.2 Å². The molecule has 1 amide bonds. The molecule has 0 spiro atoms. The normalized spacial score (nSPS) is 10.8. The lowest BCUT2D eigenvalue weighted by Gasteiger charge is -2.09. The molecule has 0 aliphatic heterocycles. The lowest BCUT2D eigenvalue weighted by atomic mass is 10.2. The van der Waals surface area contributed by atoms with E-state index < -0.39 is 21.9 Å². The van der Waals surface area contributed by atoms with Gasteiger partial charge in [-0.1, -0.05) is 18.2 Å². The minimum absolute atomic E-state index is 0.0420. The summed E-state index contributed by atoms with van der Waals surface area (Å²) in [6, 6.07) is 20.3. The first-order chi connectivity index (χ1) is 13.9. The molecule has 148 valence electrons. The highest BCUT2D eigenvalue weighted by Gasteiger charge is 2.15. The van der Waals surface area contributed by atoms with Gasteiger partial charge in [0, 0.05) is 16.9 Å². The fourth-order valence-corrected chi connectivity index (χ4v) is 3.58. The van der Waals surface area contributed by atoms with Crippen molar-refractivity contribution < 1.29 is 22.7 Å². The molecule has 0 aliphatic rings. The van der Waals surface area contributed by atoms with Gasteiger partial charge in [0.2, 0.25) is 0 Å². The Balaban J connectivity index is 1.69. The van der Waals surface area contributed by atoms with Crippen LogP contribution in [0.4, 0.5) is 11.4 Å². The van der Waals surface area contributed by atoms with Crippen LogP contribution in [0.25, 0.3) is 0 Å². The second-order valence-electron chi connectivity index (χ2n) is 6.02. The molecule has 2 N–H and O–H groups in total. The number of anilines is 2. The van der Waals surface area contributed by atoms with Crippen LogP contribution in [0.1, 0.15) is 20.7 Å². The number of hydrogen-bond acceptors (Lipinski definition) is 5. The zero-order valence-corrected chi connectivity index (χ0v) is 16.3. The van der Waals surface area contributed by atoms with Gasteiger partial charge in [0.1, 0.15) is 0 Å². The predicted molar refractivity (Wildman–Crippen MR) is 109 cm³/mol. The lowest BCUT2D eigenvalue weighted by molar-refractivity contribution is 0.0600. The third-order valence-corrected chi connectivity index (χ3v) is 5.41. The summed E-state index contributed by atoms with van der Waals surface area (Å²) in [4.78, 5) is 23.8. The standard InChI is InChI=1S/C21H18N2O5S/c1-28-21(25)16-7-11-17(12-8-16)22-20(24)15-9-13-19(14-10-15)29(26,27)23-18-5-3-2-4-6-18/h2-14,23H,1H3,(H,22,24). The van der Waals surface area contributed by atoms with E-state index in [1.807, 2.05) is 0 Å². The summed E-state index contributed by atoms with van der Waals surface area (Å²) in [7, 11) is -2.47. The largest absolute Gasteiger partial charge is 0.465 e. The van der Waals surface area contributed by atoms with Crippen molar-refractivity contribution in [1.29, 1.82) is 0 Å². The molecule has 7 nitrogen and oxygen atoms in total. The number of carbonyl (C=O) groups excluding carboxylic acids is 2. The van der Waals surface area contributed by atoms with E-state index in [4.69, 9.17) is 0 Å². The van der Waals surface area contributed by atoms with Gasteiger partial charge in [-0.15, -0.1) is 0 Å². The van der Waals surface area contributed by atoms with E-state index >= 15 is 0 Å². The van der Waals surface area contributed by atoms with Crippen molar-refractivity contribution in [3.8, 4) is 0 Å². The second kappa shape index (κ2) is 8.57. The van der Waals surface area contributed by atoms with Crippen LogP contribution in [0, 0.1) is 0 Å². The minimum Gasteiger partial charge on any atom is -0.465 e. The molecule has 0 radical (unpaired) electrons.